The topological polar surface area (TPSA) is 181 Å². The molecule has 0 unspecified atom stereocenters. The lowest BCUT2D eigenvalue weighted by atomic mass is 9.96. The van der Waals surface area contributed by atoms with Crippen LogP contribution in [0.5, 0.6) is 0 Å². The molecule has 2 aliphatic heterocycles. The molecule has 0 aromatic heterocycles. The lowest BCUT2D eigenvalue weighted by Gasteiger charge is -2.48. The Morgan fingerprint density at radius 2 is 0.981 bits per heavy atom. The first-order valence-electron chi connectivity index (χ1n) is 18.9. The molecule has 15 heteroatoms. The predicted molar refractivity (Wildman–Crippen MR) is 186 cm³/mol. The van der Waals surface area contributed by atoms with Crippen molar-refractivity contribution in [1.29, 1.82) is 0 Å². The Morgan fingerprint density at radius 3 is 1.46 bits per heavy atom. The monoisotopic (exact) mass is 748 g/mol. The molecule has 2 heterocycles. The van der Waals surface area contributed by atoms with Crippen molar-refractivity contribution >= 4 is 23.9 Å². The summed E-state index contributed by atoms with van der Waals surface area (Å²) in [6, 6.07) is 0. The van der Waals surface area contributed by atoms with Crippen molar-refractivity contribution in [3.63, 3.8) is 0 Å². The molecule has 2 aliphatic rings. The number of rotatable bonds is 25. The Morgan fingerprint density at radius 1 is 0.538 bits per heavy atom. The van der Waals surface area contributed by atoms with Gasteiger partial charge < -0.3 is 52.5 Å². The number of aliphatic hydroxyl groups excluding tert-OH is 1. The number of unbranched alkanes of at least 4 members (excludes halogenated alkanes) is 10. The largest absolute Gasteiger partial charge is 0.463 e. The molecule has 10 atom stereocenters. The number of hydrogen-bond acceptors (Lipinski definition) is 15. The van der Waals surface area contributed by atoms with Crippen LogP contribution in [0.1, 0.15) is 119 Å². The fourth-order valence-electron chi connectivity index (χ4n) is 6.30. The maximum absolute atomic E-state index is 12.4. The van der Waals surface area contributed by atoms with E-state index in [1.807, 2.05) is 0 Å². The smallest absolute Gasteiger partial charge is 0.303 e. The summed E-state index contributed by atoms with van der Waals surface area (Å²) in [6.07, 6.45) is 0.379. The van der Waals surface area contributed by atoms with Gasteiger partial charge >= 0.3 is 23.9 Å². The van der Waals surface area contributed by atoms with Crippen molar-refractivity contribution in [2.45, 2.75) is 180 Å². The zero-order valence-electron chi connectivity index (χ0n) is 32.2. The molecule has 1 N–H and O–H groups in total. The Kier molecular flexibility index (Phi) is 22.5. The van der Waals surface area contributed by atoms with E-state index in [1.165, 1.54) is 41.2 Å². The van der Waals surface area contributed by atoms with Crippen molar-refractivity contribution in [1.82, 2.24) is 0 Å². The predicted octanol–water partition coefficient (Wildman–Crippen LogP) is 4.31. The van der Waals surface area contributed by atoms with Gasteiger partial charge in [-0.2, -0.15) is 0 Å². The summed E-state index contributed by atoms with van der Waals surface area (Å²) in [5, 5.41) is 11.9. The molecule has 302 valence electrons. The Hall–Kier alpha value is -2.40. The van der Waals surface area contributed by atoms with Crippen LogP contribution in [0.15, 0.2) is 0 Å². The minimum absolute atomic E-state index is 0.229. The van der Waals surface area contributed by atoms with Crippen LogP contribution in [0.4, 0.5) is 0 Å². The van der Waals surface area contributed by atoms with Gasteiger partial charge in [-0.1, -0.05) is 78.1 Å². The van der Waals surface area contributed by atoms with E-state index in [2.05, 4.69) is 13.8 Å². The first-order chi connectivity index (χ1) is 24.9. The second-order valence-corrected chi connectivity index (χ2v) is 13.4. The van der Waals surface area contributed by atoms with Gasteiger partial charge in [0.1, 0.15) is 49.8 Å². The third kappa shape index (κ3) is 16.3. The summed E-state index contributed by atoms with van der Waals surface area (Å²) in [6.45, 7) is 9.22. The van der Waals surface area contributed by atoms with E-state index in [-0.39, 0.29) is 13.2 Å². The van der Waals surface area contributed by atoms with Crippen molar-refractivity contribution in [2.75, 3.05) is 33.5 Å². The third-order valence-corrected chi connectivity index (χ3v) is 8.85. The summed E-state index contributed by atoms with van der Waals surface area (Å²) in [4.78, 5) is 48.3. The highest BCUT2D eigenvalue weighted by Gasteiger charge is 2.55. The molecule has 0 spiro atoms. The maximum atomic E-state index is 12.4. The van der Waals surface area contributed by atoms with Crippen LogP contribution in [-0.2, 0) is 66.5 Å². The first kappa shape index (κ1) is 45.8. The summed E-state index contributed by atoms with van der Waals surface area (Å²) >= 11 is 0. The van der Waals surface area contributed by atoms with Gasteiger partial charge in [-0.3, -0.25) is 19.2 Å². The van der Waals surface area contributed by atoms with E-state index in [1.54, 1.807) is 0 Å². The van der Waals surface area contributed by atoms with Gasteiger partial charge in [-0.25, -0.2) is 0 Å². The van der Waals surface area contributed by atoms with Crippen molar-refractivity contribution in [2.24, 2.45) is 0 Å². The average molecular weight is 749 g/mol. The van der Waals surface area contributed by atoms with Crippen LogP contribution < -0.4 is 0 Å². The molecule has 0 aromatic rings. The fraction of sp³-hybridized carbons (Fsp3) is 0.892. The summed E-state index contributed by atoms with van der Waals surface area (Å²) < 4.78 is 58.5. The van der Waals surface area contributed by atoms with Crippen LogP contribution in [0.25, 0.3) is 0 Å². The SMILES string of the molecule is CCCCCCCCO[C@@H]1[C@@H](O)[C@H](O[C@H]2[C@H](OC(C)=O)[C@@H](OC(C)=O)[C@H](OC)O[C@@H]2COC(C)=O)O[C@H](COC(C)=O)[C@@H]1OCCCCCCCC. The van der Waals surface area contributed by atoms with E-state index in [4.69, 9.17) is 47.4 Å². The second-order valence-electron chi connectivity index (χ2n) is 13.4. The van der Waals surface area contributed by atoms with Crippen LogP contribution in [-0.4, -0.2) is 124 Å². The molecule has 15 nitrogen and oxygen atoms in total. The summed E-state index contributed by atoms with van der Waals surface area (Å²) in [5.41, 5.74) is 0. The fourth-order valence-corrected chi connectivity index (χ4v) is 6.30. The third-order valence-electron chi connectivity index (χ3n) is 8.85. The number of hydrogen-bond donors (Lipinski definition) is 1. The Labute approximate surface area is 308 Å². The van der Waals surface area contributed by atoms with Gasteiger partial charge in [0.15, 0.2) is 24.8 Å². The molecule has 2 saturated heterocycles. The molecule has 0 saturated carbocycles. The quantitative estimate of drug-likeness (QED) is 0.0792. The van der Waals surface area contributed by atoms with Crippen LogP contribution >= 0.6 is 0 Å². The van der Waals surface area contributed by atoms with Crippen LogP contribution in [0.3, 0.4) is 0 Å². The Balaban J connectivity index is 2.44. The van der Waals surface area contributed by atoms with Gasteiger partial charge in [0.2, 0.25) is 0 Å². The summed E-state index contributed by atoms with van der Waals surface area (Å²) in [7, 11) is 1.31. The normalized spacial score (nSPS) is 28.9. The number of methoxy groups -OCH3 is 1. The molecular formula is C37H64O15. The molecule has 2 rings (SSSR count). The van der Waals surface area contributed by atoms with Crippen molar-refractivity contribution < 1.29 is 71.7 Å². The first-order valence-corrected chi connectivity index (χ1v) is 18.9. The maximum Gasteiger partial charge on any atom is 0.303 e. The lowest BCUT2D eigenvalue weighted by molar-refractivity contribution is -0.362. The van der Waals surface area contributed by atoms with Gasteiger partial charge in [0.25, 0.3) is 0 Å². The number of carbonyl (C=O) groups is 4. The summed E-state index contributed by atoms with van der Waals surface area (Å²) in [5.74, 6) is -2.61. The second kappa shape index (κ2) is 25.6. The molecule has 0 radical (unpaired) electrons. The molecule has 0 bridgehead atoms. The zero-order chi connectivity index (χ0) is 38.5. The number of carbonyl (C=O) groups excluding carboxylic acids is 4. The minimum atomic E-state index is -1.48. The van der Waals surface area contributed by atoms with Gasteiger partial charge in [-0.15, -0.1) is 0 Å². The minimum Gasteiger partial charge on any atom is -0.463 e. The van der Waals surface area contributed by atoms with Gasteiger partial charge in [0.05, 0.1) is 0 Å². The van der Waals surface area contributed by atoms with E-state index < -0.39 is 85.3 Å². The zero-order valence-corrected chi connectivity index (χ0v) is 32.2. The molecule has 0 aliphatic carbocycles. The highest BCUT2D eigenvalue weighted by Crippen LogP contribution is 2.34. The Bertz CT molecular complexity index is 1040. The number of ether oxygens (including phenoxy) is 10. The van der Waals surface area contributed by atoms with E-state index in [0.717, 1.165) is 70.6 Å². The highest BCUT2D eigenvalue weighted by molar-refractivity contribution is 5.68. The molecule has 52 heavy (non-hydrogen) atoms. The molecule has 0 amide bonds. The average Bonchev–Trinajstić information content (AvgIpc) is 3.08. The van der Waals surface area contributed by atoms with Crippen molar-refractivity contribution in [3.8, 4) is 0 Å². The van der Waals surface area contributed by atoms with E-state index in [0.29, 0.717) is 13.2 Å². The number of aliphatic hydroxyl groups is 1. The van der Waals surface area contributed by atoms with Gasteiger partial charge in [0, 0.05) is 48.0 Å². The van der Waals surface area contributed by atoms with Crippen molar-refractivity contribution in [3.05, 3.63) is 0 Å². The molecular weight excluding hydrogens is 684 g/mol. The molecule has 0 aromatic carbocycles. The highest BCUT2D eigenvalue weighted by atomic mass is 16.8. The molecule has 2 fully saturated rings. The van der Waals surface area contributed by atoms with E-state index in [9.17, 15) is 24.3 Å². The van der Waals surface area contributed by atoms with Crippen LogP contribution in [0.2, 0.25) is 0 Å². The van der Waals surface area contributed by atoms with E-state index >= 15 is 0 Å². The number of esters is 4. The standard InChI is InChI=1S/C37H64O15/c1-8-10-12-14-16-18-20-44-31-28(22-46-24(3)38)50-36(30(42)33(31)45-21-19-17-15-13-11-9-2)52-32-29(23-47-25(4)39)51-37(43-7)35(49-27(6)41)34(32)48-26(5)40/h28-37,42H,8-23H2,1-7H3/t28-,29-,30-,31+,32-,33-,34+,35-,36+,37-/m1/s1. The van der Waals surface area contributed by atoms with Crippen LogP contribution in [0, 0.1) is 0 Å². The van der Waals surface area contributed by atoms with Gasteiger partial charge in [-0.05, 0) is 12.8 Å². The lowest BCUT2D eigenvalue weighted by Crippen LogP contribution is -2.66.